The molecular formula is C20H25N. The molecule has 0 spiro atoms. The van der Waals surface area contributed by atoms with Crippen molar-refractivity contribution < 1.29 is 0 Å². The first kappa shape index (κ1) is 16.8. The Morgan fingerprint density at radius 3 is 2.43 bits per heavy atom. The van der Waals surface area contributed by atoms with Crippen LogP contribution in [0.5, 0.6) is 0 Å². The highest BCUT2D eigenvalue weighted by atomic mass is 14.8. The smallest absolute Gasteiger partial charge is 0.0413 e. The van der Waals surface area contributed by atoms with E-state index in [1.165, 1.54) is 22.3 Å². The molecule has 0 aromatic heterocycles. The van der Waals surface area contributed by atoms with Gasteiger partial charge in [-0.15, -0.1) is 0 Å². The van der Waals surface area contributed by atoms with Crippen LogP contribution in [-0.4, -0.2) is 7.05 Å². The van der Waals surface area contributed by atoms with Gasteiger partial charge in [0.2, 0.25) is 0 Å². The number of rotatable bonds is 6. The first-order chi connectivity index (χ1) is 10.2. The molecule has 1 aromatic carbocycles. The van der Waals surface area contributed by atoms with Gasteiger partial charge in [0.15, 0.2) is 0 Å². The van der Waals surface area contributed by atoms with Crippen LogP contribution in [0.15, 0.2) is 72.9 Å². The second kappa shape index (κ2) is 8.80. The summed E-state index contributed by atoms with van der Waals surface area (Å²) >= 11 is 0. The van der Waals surface area contributed by atoms with Gasteiger partial charge >= 0.3 is 0 Å². The van der Waals surface area contributed by atoms with Crippen LogP contribution in [0.25, 0.3) is 11.3 Å². The summed E-state index contributed by atoms with van der Waals surface area (Å²) in [5.41, 5.74) is 5.93. The summed E-state index contributed by atoms with van der Waals surface area (Å²) in [6.07, 6.45) is 12.2. The fourth-order valence-corrected chi connectivity index (χ4v) is 2.01. The molecule has 0 unspecified atom stereocenters. The Morgan fingerprint density at radius 1 is 1.14 bits per heavy atom. The van der Waals surface area contributed by atoms with E-state index in [9.17, 15) is 0 Å². The Hall–Kier alpha value is -2.28. The molecule has 0 aliphatic carbocycles. The van der Waals surface area contributed by atoms with Crippen molar-refractivity contribution >= 4 is 11.3 Å². The maximum atomic E-state index is 3.72. The fraction of sp³-hybridized carbons (Fsp3) is 0.200. The Bertz CT molecular complexity index is 598. The van der Waals surface area contributed by atoms with Crippen molar-refractivity contribution in [3.8, 4) is 0 Å². The number of hydrogen-bond donors (Lipinski definition) is 1. The molecule has 0 bridgehead atoms. The van der Waals surface area contributed by atoms with E-state index < -0.39 is 0 Å². The van der Waals surface area contributed by atoms with Crippen molar-refractivity contribution in [1.29, 1.82) is 0 Å². The number of benzene rings is 1. The lowest BCUT2D eigenvalue weighted by Crippen LogP contribution is -2.05. The second-order valence-corrected chi connectivity index (χ2v) is 4.76. The minimum absolute atomic E-state index is 1.12. The SMILES string of the molecule is C=C/C=C\C(=C/C)c1cccc(/C(=C/C(C)=C\C)NC)c1. The average Bonchev–Trinajstić information content (AvgIpc) is 2.53. The van der Waals surface area contributed by atoms with Gasteiger partial charge in [0.05, 0.1) is 0 Å². The standard InChI is InChI=1S/C20H25N/c1-6-9-11-17(8-3)18-12-10-13-19(15-18)20(21-5)14-16(4)7-2/h6-15,21H,1H2,2-5H3/b11-9-,16-7-,17-8+,20-14-. The zero-order valence-corrected chi connectivity index (χ0v) is 13.5. The van der Waals surface area contributed by atoms with Crippen LogP contribution < -0.4 is 5.32 Å². The number of allylic oxidation sites excluding steroid dienone is 8. The number of hydrogen-bond acceptors (Lipinski definition) is 1. The second-order valence-electron chi connectivity index (χ2n) is 4.76. The van der Waals surface area contributed by atoms with Crippen molar-refractivity contribution in [2.75, 3.05) is 7.05 Å². The Morgan fingerprint density at radius 2 is 1.86 bits per heavy atom. The lowest BCUT2D eigenvalue weighted by atomic mass is 10.0. The Balaban J connectivity index is 3.23. The molecule has 0 saturated heterocycles. The molecule has 0 atom stereocenters. The zero-order valence-electron chi connectivity index (χ0n) is 13.5. The average molecular weight is 279 g/mol. The topological polar surface area (TPSA) is 12.0 Å². The summed E-state index contributed by atoms with van der Waals surface area (Å²) in [4.78, 5) is 0. The van der Waals surface area contributed by atoms with Crippen molar-refractivity contribution in [2.45, 2.75) is 20.8 Å². The van der Waals surface area contributed by atoms with E-state index in [0.717, 1.165) is 5.70 Å². The minimum Gasteiger partial charge on any atom is -0.388 e. The number of nitrogens with one attached hydrogen (secondary N) is 1. The molecule has 0 fully saturated rings. The highest BCUT2D eigenvalue weighted by Crippen LogP contribution is 2.21. The van der Waals surface area contributed by atoms with Gasteiger partial charge in [-0.1, -0.05) is 60.7 Å². The van der Waals surface area contributed by atoms with E-state index in [1.807, 2.05) is 27.0 Å². The van der Waals surface area contributed by atoms with Crippen LogP contribution >= 0.6 is 0 Å². The lowest BCUT2D eigenvalue weighted by Gasteiger charge is -2.10. The molecule has 1 nitrogen and oxygen atoms in total. The Labute approximate surface area is 129 Å². The molecular weight excluding hydrogens is 254 g/mol. The molecule has 0 amide bonds. The summed E-state index contributed by atoms with van der Waals surface area (Å²) in [6.45, 7) is 9.92. The first-order valence-corrected chi connectivity index (χ1v) is 7.24. The highest BCUT2D eigenvalue weighted by molar-refractivity contribution is 5.77. The molecule has 21 heavy (non-hydrogen) atoms. The van der Waals surface area contributed by atoms with Crippen LogP contribution in [0.2, 0.25) is 0 Å². The van der Waals surface area contributed by atoms with Crippen LogP contribution in [0.4, 0.5) is 0 Å². The summed E-state index contributed by atoms with van der Waals surface area (Å²) in [5.74, 6) is 0. The van der Waals surface area contributed by atoms with Gasteiger partial charge in [0, 0.05) is 12.7 Å². The van der Waals surface area contributed by atoms with Crippen molar-refractivity contribution in [3.63, 3.8) is 0 Å². The lowest BCUT2D eigenvalue weighted by molar-refractivity contribution is 1.12. The fourth-order valence-electron chi connectivity index (χ4n) is 2.01. The largest absolute Gasteiger partial charge is 0.388 e. The maximum Gasteiger partial charge on any atom is 0.0413 e. The summed E-state index contributed by atoms with van der Waals surface area (Å²) in [5, 5.41) is 3.28. The predicted octanol–water partition coefficient (Wildman–Crippen LogP) is 5.36. The maximum absolute atomic E-state index is 3.72. The van der Waals surface area contributed by atoms with Gasteiger partial charge in [0.1, 0.15) is 0 Å². The van der Waals surface area contributed by atoms with Crippen molar-refractivity contribution in [2.24, 2.45) is 0 Å². The van der Waals surface area contributed by atoms with Gasteiger partial charge in [-0.2, -0.15) is 0 Å². The van der Waals surface area contributed by atoms with Gasteiger partial charge < -0.3 is 5.32 Å². The molecule has 1 N–H and O–H groups in total. The van der Waals surface area contributed by atoms with Gasteiger partial charge in [-0.3, -0.25) is 0 Å². The third-order valence-electron chi connectivity index (χ3n) is 3.33. The normalized spacial score (nSPS) is 13.6. The van der Waals surface area contributed by atoms with E-state index >= 15 is 0 Å². The van der Waals surface area contributed by atoms with Gasteiger partial charge in [-0.05, 0) is 49.6 Å². The predicted molar refractivity (Wildman–Crippen MR) is 95.9 cm³/mol. The summed E-state index contributed by atoms with van der Waals surface area (Å²) < 4.78 is 0. The van der Waals surface area contributed by atoms with E-state index in [2.05, 4.69) is 67.4 Å². The summed E-state index contributed by atoms with van der Waals surface area (Å²) in [6, 6.07) is 8.54. The van der Waals surface area contributed by atoms with E-state index in [-0.39, 0.29) is 0 Å². The van der Waals surface area contributed by atoms with Crippen LogP contribution in [0, 0.1) is 0 Å². The molecule has 1 aromatic rings. The summed E-state index contributed by atoms with van der Waals surface area (Å²) in [7, 11) is 1.95. The van der Waals surface area contributed by atoms with Crippen LogP contribution in [0.1, 0.15) is 31.9 Å². The van der Waals surface area contributed by atoms with Crippen LogP contribution in [0.3, 0.4) is 0 Å². The zero-order chi connectivity index (χ0) is 15.7. The quantitative estimate of drug-likeness (QED) is 0.691. The van der Waals surface area contributed by atoms with Crippen LogP contribution in [-0.2, 0) is 0 Å². The molecule has 0 aliphatic rings. The monoisotopic (exact) mass is 279 g/mol. The minimum atomic E-state index is 1.12. The van der Waals surface area contributed by atoms with E-state index in [1.54, 1.807) is 6.08 Å². The molecule has 0 saturated carbocycles. The highest BCUT2D eigenvalue weighted by Gasteiger charge is 2.03. The molecule has 0 aliphatic heterocycles. The molecule has 0 radical (unpaired) electrons. The third-order valence-corrected chi connectivity index (χ3v) is 3.33. The van der Waals surface area contributed by atoms with Crippen molar-refractivity contribution in [1.82, 2.24) is 5.32 Å². The van der Waals surface area contributed by atoms with E-state index in [0.29, 0.717) is 0 Å². The molecule has 1 heteroatoms. The first-order valence-electron chi connectivity index (χ1n) is 7.24. The van der Waals surface area contributed by atoms with E-state index in [4.69, 9.17) is 0 Å². The molecule has 0 heterocycles. The molecule has 110 valence electrons. The van der Waals surface area contributed by atoms with Crippen molar-refractivity contribution in [3.05, 3.63) is 84.0 Å². The van der Waals surface area contributed by atoms with Gasteiger partial charge in [0.25, 0.3) is 0 Å². The Kier molecular flexibility index (Phi) is 7.03. The molecule has 1 rings (SSSR count). The van der Waals surface area contributed by atoms with Gasteiger partial charge in [-0.25, -0.2) is 0 Å². The third kappa shape index (κ3) is 4.96.